The molecule has 1 aliphatic rings. The minimum Gasteiger partial charge on any atom is -0.482 e. The predicted molar refractivity (Wildman–Crippen MR) is 146 cm³/mol. The number of thiazole rings is 1. The van der Waals surface area contributed by atoms with E-state index >= 15 is 0 Å². The summed E-state index contributed by atoms with van der Waals surface area (Å²) < 4.78 is 10.7. The van der Waals surface area contributed by atoms with Crippen molar-refractivity contribution in [1.82, 2.24) is 14.0 Å². The fourth-order valence-corrected chi connectivity index (χ4v) is 4.89. The molecular formula is C27H28N6O3S. The summed E-state index contributed by atoms with van der Waals surface area (Å²) in [7, 11) is 1.85. The second-order valence-electron chi connectivity index (χ2n) is 9.21. The Labute approximate surface area is 218 Å². The van der Waals surface area contributed by atoms with Crippen molar-refractivity contribution in [3.05, 3.63) is 74.8 Å². The minimum absolute atomic E-state index is 0.00422. The van der Waals surface area contributed by atoms with Gasteiger partial charge in [-0.15, -0.1) is 11.3 Å². The van der Waals surface area contributed by atoms with Gasteiger partial charge in [-0.3, -0.25) is 14.3 Å². The molecule has 0 saturated carbocycles. The van der Waals surface area contributed by atoms with Gasteiger partial charge in [0.2, 0.25) is 4.80 Å². The monoisotopic (exact) mass is 516 g/mol. The molecule has 2 aromatic carbocycles. The van der Waals surface area contributed by atoms with E-state index in [2.05, 4.69) is 19.2 Å². The molecule has 0 unspecified atom stereocenters. The van der Waals surface area contributed by atoms with E-state index in [1.54, 1.807) is 9.36 Å². The molecule has 4 aromatic rings. The Morgan fingerprint density at radius 1 is 1.16 bits per heavy atom. The van der Waals surface area contributed by atoms with Gasteiger partial charge < -0.3 is 10.1 Å². The Balaban J connectivity index is 1.65. The minimum atomic E-state index is -0.201. The Hall–Kier alpha value is -4.18. The third kappa shape index (κ3) is 4.79. The van der Waals surface area contributed by atoms with Gasteiger partial charge in [0, 0.05) is 24.2 Å². The average Bonchev–Trinajstić information content (AvgIpc) is 3.37. The van der Waals surface area contributed by atoms with Crippen molar-refractivity contribution in [3.63, 3.8) is 0 Å². The molecule has 0 radical (unpaired) electrons. The second kappa shape index (κ2) is 10.1. The fraction of sp³-hybridized carbons (Fsp3) is 0.259. The number of benzene rings is 2. The van der Waals surface area contributed by atoms with E-state index in [0.717, 1.165) is 29.1 Å². The Morgan fingerprint density at radius 3 is 2.70 bits per heavy atom. The van der Waals surface area contributed by atoms with E-state index in [4.69, 9.17) is 14.8 Å². The number of carbonyl (C=O) groups is 1. The summed E-state index contributed by atoms with van der Waals surface area (Å²) in [6.45, 7) is 6.14. The van der Waals surface area contributed by atoms with Crippen molar-refractivity contribution in [1.29, 1.82) is 0 Å². The second-order valence-corrected chi connectivity index (χ2v) is 10.0. The summed E-state index contributed by atoms with van der Waals surface area (Å²) in [6, 6.07) is 15.1. The fourth-order valence-electron chi connectivity index (χ4n) is 4.05. The van der Waals surface area contributed by atoms with Gasteiger partial charge in [-0.1, -0.05) is 32.0 Å². The molecule has 0 saturated heterocycles. The molecule has 0 fully saturated rings. The van der Waals surface area contributed by atoms with Crippen LogP contribution in [0, 0.1) is 12.8 Å². The predicted octanol–water partition coefficient (Wildman–Crippen LogP) is 4.46. The van der Waals surface area contributed by atoms with Crippen molar-refractivity contribution in [3.8, 4) is 22.7 Å². The summed E-state index contributed by atoms with van der Waals surface area (Å²) >= 11 is 1.40. The molecule has 9 nitrogen and oxygen atoms in total. The first-order valence-electron chi connectivity index (χ1n) is 12.0. The number of carbonyl (C=O) groups excluding carboxylic acids is 1. The standard InChI is InChI=1S/C27H28N6O3S/c1-17(2)12-13-28-32-22(19-10-11-23-21(14-19)29-24(34)15-36-23)16-37-27(32)30-25-18(3)31(4)33(26(25)35)20-8-6-5-7-9-20/h5-11,13-14,16-17H,12,15H2,1-4H3,(H,29,34). The number of nitrogens with one attached hydrogen (secondary N) is 1. The zero-order chi connectivity index (χ0) is 26.1. The number of fused-ring (bicyclic) bond motifs is 1. The van der Waals surface area contributed by atoms with Crippen LogP contribution in [0.25, 0.3) is 16.9 Å². The Kier molecular flexibility index (Phi) is 6.66. The molecule has 1 aliphatic heterocycles. The third-order valence-corrected chi connectivity index (χ3v) is 6.91. The van der Waals surface area contributed by atoms with Crippen molar-refractivity contribution in [2.75, 3.05) is 11.9 Å². The highest BCUT2D eigenvalue weighted by atomic mass is 32.1. The smallest absolute Gasteiger partial charge is 0.297 e. The van der Waals surface area contributed by atoms with Crippen molar-refractivity contribution >= 4 is 34.8 Å². The van der Waals surface area contributed by atoms with Gasteiger partial charge in [-0.25, -0.2) is 14.4 Å². The van der Waals surface area contributed by atoms with Gasteiger partial charge in [0.1, 0.15) is 5.75 Å². The normalized spacial score (nSPS) is 13.8. The van der Waals surface area contributed by atoms with E-state index < -0.39 is 0 Å². The number of rotatable bonds is 6. The van der Waals surface area contributed by atoms with Crippen LogP contribution in [0.4, 0.5) is 11.4 Å². The topological polar surface area (TPSA) is 94.9 Å². The summed E-state index contributed by atoms with van der Waals surface area (Å²) in [5.74, 6) is 0.875. The number of hydrogen-bond donors (Lipinski definition) is 1. The van der Waals surface area contributed by atoms with Gasteiger partial charge in [-0.2, -0.15) is 5.10 Å². The lowest BCUT2D eigenvalue weighted by Crippen LogP contribution is -2.25. The highest BCUT2D eigenvalue weighted by molar-refractivity contribution is 7.07. The van der Waals surface area contributed by atoms with Gasteiger partial charge in [0.25, 0.3) is 11.5 Å². The maximum absolute atomic E-state index is 13.4. The lowest BCUT2D eigenvalue weighted by molar-refractivity contribution is -0.118. The largest absolute Gasteiger partial charge is 0.482 e. The van der Waals surface area contributed by atoms with Crippen LogP contribution in [0.3, 0.4) is 0 Å². The lowest BCUT2D eigenvalue weighted by Gasteiger charge is -2.18. The van der Waals surface area contributed by atoms with E-state index in [9.17, 15) is 9.59 Å². The Morgan fingerprint density at radius 2 is 1.95 bits per heavy atom. The van der Waals surface area contributed by atoms with E-state index in [-0.39, 0.29) is 18.1 Å². The molecule has 1 amide bonds. The van der Waals surface area contributed by atoms with Gasteiger partial charge in [-0.05, 0) is 49.6 Å². The molecule has 3 heterocycles. The van der Waals surface area contributed by atoms with Crippen LogP contribution in [0.5, 0.6) is 5.75 Å². The summed E-state index contributed by atoms with van der Waals surface area (Å²) in [5, 5.41) is 9.53. The molecule has 37 heavy (non-hydrogen) atoms. The van der Waals surface area contributed by atoms with E-state index in [1.807, 2.05) is 78.8 Å². The number of aromatic nitrogens is 3. The highest BCUT2D eigenvalue weighted by Gasteiger charge is 2.19. The number of para-hydroxylation sites is 1. The number of ether oxygens (including phenoxy) is 1. The molecule has 1 N–H and O–H groups in total. The molecular weight excluding hydrogens is 488 g/mol. The van der Waals surface area contributed by atoms with E-state index in [1.165, 1.54) is 11.3 Å². The quantitative estimate of drug-likeness (QED) is 0.384. The van der Waals surface area contributed by atoms with Crippen LogP contribution in [0.2, 0.25) is 0 Å². The van der Waals surface area contributed by atoms with Crippen LogP contribution in [0.15, 0.2) is 68.8 Å². The molecule has 0 atom stereocenters. The maximum Gasteiger partial charge on any atom is 0.297 e. The summed E-state index contributed by atoms with van der Waals surface area (Å²) in [4.78, 5) is 30.7. The number of amides is 1. The molecule has 0 bridgehead atoms. The molecule has 0 spiro atoms. The number of nitrogens with zero attached hydrogens (tertiary/aromatic N) is 5. The van der Waals surface area contributed by atoms with E-state index in [0.29, 0.717) is 27.8 Å². The SMILES string of the molecule is Cc1c(N=c2scc(-c3ccc4c(c3)NC(=O)CO4)n2N=CCC(C)C)c(=O)n(-c2ccccc2)n1C. The Bertz CT molecular complexity index is 1620. The van der Waals surface area contributed by atoms with Crippen LogP contribution in [-0.2, 0) is 11.8 Å². The number of anilines is 1. The van der Waals surface area contributed by atoms with Crippen molar-refractivity contribution in [2.24, 2.45) is 23.1 Å². The zero-order valence-electron chi connectivity index (χ0n) is 21.1. The molecule has 0 aliphatic carbocycles. The first kappa shape index (κ1) is 24.5. The summed E-state index contributed by atoms with van der Waals surface area (Å²) in [6.07, 6.45) is 2.66. The maximum atomic E-state index is 13.4. The van der Waals surface area contributed by atoms with Crippen molar-refractivity contribution in [2.45, 2.75) is 27.2 Å². The first-order valence-corrected chi connectivity index (χ1v) is 12.9. The lowest BCUT2D eigenvalue weighted by atomic mass is 10.1. The van der Waals surface area contributed by atoms with Crippen LogP contribution < -0.4 is 20.4 Å². The number of hydrogen-bond acceptors (Lipinski definition) is 6. The molecule has 10 heteroatoms. The summed E-state index contributed by atoms with van der Waals surface area (Å²) in [5.41, 5.74) is 3.92. The van der Waals surface area contributed by atoms with Crippen molar-refractivity contribution < 1.29 is 9.53 Å². The average molecular weight is 517 g/mol. The van der Waals surface area contributed by atoms with Crippen LogP contribution in [0.1, 0.15) is 26.0 Å². The van der Waals surface area contributed by atoms with Crippen LogP contribution >= 0.6 is 11.3 Å². The highest BCUT2D eigenvalue weighted by Crippen LogP contribution is 2.33. The van der Waals surface area contributed by atoms with Crippen LogP contribution in [-0.4, -0.2) is 32.8 Å². The van der Waals surface area contributed by atoms with Gasteiger partial charge in [0.05, 0.1) is 22.8 Å². The first-order chi connectivity index (χ1) is 17.8. The van der Waals surface area contributed by atoms with Gasteiger partial charge >= 0.3 is 0 Å². The zero-order valence-corrected chi connectivity index (χ0v) is 22.0. The molecule has 5 rings (SSSR count). The molecule has 2 aromatic heterocycles. The third-order valence-electron chi connectivity index (χ3n) is 6.10. The van der Waals surface area contributed by atoms with Gasteiger partial charge in [0.15, 0.2) is 12.3 Å². The molecule has 190 valence electrons.